The van der Waals surface area contributed by atoms with Crippen molar-refractivity contribution in [3.63, 3.8) is 0 Å². The maximum absolute atomic E-state index is 5.87. The lowest BCUT2D eigenvalue weighted by molar-refractivity contribution is 0.415. The van der Waals surface area contributed by atoms with Crippen LogP contribution in [0, 0.1) is 0 Å². The van der Waals surface area contributed by atoms with E-state index in [9.17, 15) is 0 Å². The summed E-state index contributed by atoms with van der Waals surface area (Å²) in [7, 11) is 1.64. The van der Waals surface area contributed by atoms with E-state index in [2.05, 4.69) is 28.4 Å². The zero-order valence-corrected chi connectivity index (χ0v) is 12.6. The van der Waals surface area contributed by atoms with Crippen LogP contribution in [0.3, 0.4) is 0 Å². The number of benzene rings is 3. The van der Waals surface area contributed by atoms with Crippen molar-refractivity contribution in [2.75, 3.05) is 7.11 Å². The summed E-state index contributed by atoms with van der Waals surface area (Å²) < 4.78 is 11.0. The summed E-state index contributed by atoms with van der Waals surface area (Å²) in [5.74, 6) is 1.81. The summed E-state index contributed by atoms with van der Waals surface area (Å²) in [5.41, 5.74) is 1.81. The molecule has 0 fully saturated rings. The summed E-state index contributed by atoms with van der Waals surface area (Å²) >= 11 is 0. The summed E-state index contributed by atoms with van der Waals surface area (Å²) in [6, 6.07) is 21.8. The van der Waals surface area contributed by atoms with Crippen LogP contribution in [-0.4, -0.2) is 17.3 Å². The van der Waals surface area contributed by atoms with E-state index in [1.807, 2.05) is 48.5 Å². The average molecular weight is 302 g/mol. The minimum atomic E-state index is 0.496. The van der Waals surface area contributed by atoms with Gasteiger partial charge in [0.05, 0.1) is 7.11 Å². The monoisotopic (exact) mass is 302 g/mol. The number of fused-ring (bicyclic) bond motifs is 1. The van der Waals surface area contributed by atoms with Crippen molar-refractivity contribution in [3.05, 3.63) is 66.7 Å². The molecule has 23 heavy (non-hydrogen) atoms. The minimum Gasteiger partial charge on any atom is -0.497 e. The van der Waals surface area contributed by atoms with Gasteiger partial charge >= 0.3 is 0 Å². The molecule has 4 rings (SSSR count). The SMILES string of the molecule is COc1ccc(-c2nnc(-c3cccc4ccccc34)o2)cc1. The van der Waals surface area contributed by atoms with Gasteiger partial charge in [0.1, 0.15) is 5.75 Å². The van der Waals surface area contributed by atoms with E-state index < -0.39 is 0 Å². The van der Waals surface area contributed by atoms with Gasteiger partial charge in [0.2, 0.25) is 11.8 Å². The molecule has 0 atom stereocenters. The van der Waals surface area contributed by atoms with Crippen LogP contribution >= 0.6 is 0 Å². The molecule has 1 aromatic heterocycles. The van der Waals surface area contributed by atoms with Crippen molar-refractivity contribution >= 4 is 10.8 Å². The molecule has 0 aliphatic carbocycles. The van der Waals surface area contributed by atoms with Gasteiger partial charge in [-0.25, -0.2) is 0 Å². The molecule has 112 valence electrons. The third-order valence-electron chi connectivity index (χ3n) is 3.78. The van der Waals surface area contributed by atoms with Crippen molar-refractivity contribution < 1.29 is 9.15 Å². The van der Waals surface area contributed by atoms with Gasteiger partial charge in [-0.15, -0.1) is 10.2 Å². The van der Waals surface area contributed by atoms with Crippen molar-refractivity contribution in [1.29, 1.82) is 0 Å². The molecular formula is C19H14N2O2. The fourth-order valence-electron chi connectivity index (χ4n) is 2.59. The van der Waals surface area contributed by atoms with Crippen LogP contribution in [-0.2, 0) is 0 Å². The third kappa shape index (κ3) is 2.44. The maximum Gasteiger partial charge on any atom is 0.248 e. The molecule has 1 heterocycles. The van der Waals surface area contributed by atoms with Crippen molar-refractivity contribution in [3.8, 4) is 28.7 Å². The van der Waals surface area contributed by atoms with Crippen molar-refractivity contribution in [2.45, 2.75) is 0 Å². The maximum atomic E-state index is 5.87. The van der Waals surface area contributed by atoms with Gasteiger partial charge in [0, 0.05) is 11.1 Å². The van der Waals surface area contributed by atoms with Crippen LogP contribution in [0.4, 0.5) is 0 Å². The molecule has 3 aromatic carbocycles. The predicted molar refractivity (Wildman–Crippen MR) is 89.2 cm³/mol. The molecule has 0 bridgehead atoms. The van der Waals surface area contributed by atoms with E-state index in [0.29, 0.717) is 11.8 Å². The van der Waals surface area contributed by atoms with Gasteiger partial charge in [-0.3, -0.25) is 0 Å². The summed E-state index contributed by atoms with van der Waals surface area (Å²) in [6.07, 6.45) is 0. The second-order valence-corrected chi connectivity index (χ2v) is 5.17. The zero-order valence-electron chi connectivity index (χ0n) is 12.6. The molecule has 0 aliphatic rings. The molecule has 0 N–H and O–H groups in total. The van der Waals surface area contributed by atoms with E-state index in [1.165, 1.54) is 0 Å². The predicted octanol–water partition coefficient (Wildman–Crippen LogP) is 4.57. The number of hydrogen-bond acceptors (Lipinski definition) is 4. The molecular weight excluding hydrogens is 288 g/mol. The van der Waals surface area contributed by atoms with Crippen LogP contribution in [0.2, 0.25) is 0 Å². The molecule has 0 unspecified atom stereocenters. The third-order valence-corrected chi connectivity index (χ3v) is 3.78. The molecule has 0 radical (unpaired) electrons. The second-order valence-electron chi connectivity index (χ2n) is 5.17. The van der Waals surface area contributed by atoms with Crippen LogP contribution in [0.25, 0.3) is 33.7 Å². The lowest BCUT2D eigenvalue weighted by Crippen LogP contribution is -1.82. The molecule has 0 spiro atoms. The Morgan fingerprint density at radius 2 is 1.52 bits per heavy atom. The highest BCUT2D eigenvalue weighted by atomic mass is 16.5. The van der Waals surface area contributed by atoms with Gasteiger partial charge < -0.3 is 9.15 Å². The highest BCUT2D eigenvalue weighted by molar-refractivity contribution is 5.94. The van der Waals surface area contributed by atoms with Crippen LogP contribution in [0.5, 0.6) is 5.75 Å². The van der Waals surface area contributed by atoms with Crippen LogP contribution in [0.15, 0.2) is 71.1 Å². The van der Waals surface area contributed by atoms with E-state index in [1.54, 1.807) is 7.11 Å². The number of nitrogens with zero attached hydrogens (tertiary/aromatic N) is 2. The Labute approximate surface area is 133 Å². The Morgan fingerprint density at radius 3 is 2.35 bits per heavy atom. The number of hydrogen-bond donors (Lipinski definition) is 0. The fourth-order valence-corrected chi connectivity index (χ4v) is 2.59. The summed E-state index contributed by atoms with van der Waals surface area (Å²) in [5, 5.41) is 10.6. The molecule has 0 saturated carbocycles. The number of aromatic nitrogens is 2. The van der Waals surface area contributed by atoms with Gasteiger partial charge in [-0.1, -0.05) is 36.4 Å². The zero-order chi connectivity index (χ0) is 15.6. The Morgan fingerprint density at radius 1 is 0.783 bits per heavy atom. The van der Waals surface area contributed by atoms with Crippen LogP contribution in [0.1, 0.15) is 0 Å². The highest BCUT2D eigenvalue weighted by Gasteiger charge is 2.12. The molecule has 0 aliphatic heterocycles. The normalized spacial score (nSPS) is 10.8. The smallest absolute Gasteiger partial charge is 0.248 e. The molecule has 0 saturated heterocycles. The lowest BCUT2D eigenvalue weighted by Gasteiger charge is -2.02. The second kappa shape index (κ2) is 5.57. The Hall–Kier alpha value is -3.14. The first kappa shape index (κ1) is 13.5. The van der Waals surface area contributed by atoms with Crippen LogP contribution < -0.4 is 4.74 Å². The fraction of sp³-hybridized carbons (Fsp3) is 0.0526. The first-order chi connectivity index (χ1) is 11.3. The highest BCUT2D eigenvalue weighted by Crippen LogP contribution is 2.30. The van der Waals surface area contributed by atoms with E-state index in [-0.39, 0.29) is 0 Å². The first-order valence-electron chi connectivity index (χ1n) is 7.31. The Bertz CT molecular complexity index is 953. The Balaban J connectivity index is 1.77. The molecule has 0 amide bonds. The van der Waals surface area contributed by atoms with Crippen molar-refractivity contribution in [2.24, 2.45) is 0 Å². The Kier molecular flexibility index (Phi) is 3.27. The summed E-state index contributed by atoms with van der Waals surface area (Å²) in [4.78, 5) is 0. The van der Waals surface area contributed by atoms with E-state index in [4.69, 9.17) is 9.15 Å². The van der Waals surface area contributed by atoms with E-state index in [0.717, 1.165) is 27.6 Å². The number of rotatable bonds is 3. The quantitative estimate of drug-likeness (QED) is 0.556. The topological polar surface area (TPSA) is 48.2 Å². The standard InChI is InChI=1S/C19H14N2O2/c1-22-15-11-9-14(10-12-15)18-20-21-19(23-18)17-8-4-6-13-5-2-3-7-16(13)17/h2-12H,1H3. The molecule has 4 heteroatoms. The number of methoxy groups -OCH3 is 1. The number of ether oxygens (including phenoxy) is 1. The van der Waals surface area contributed by atoms with Gasteiger partial charge in [-0.2, -0.15) is 0 Å². The average Bonchev–Trinajstić information content (AvgIpc) is 3.11. The lowest BCUT2D eigenvalue weighted by atomic mass is 10.0. The van der Waals surface area contributed by atoms with Gasteiger partial charge in [-0.05, 0) is 41.1 Å². The minimum absolute atomic E-state index is 0.496. The van der Waals surface area contributed by atoms with Crippen molar-refractivity contribution in [1.82, 2.24) is 10.2 Å². The summed E-state index contributed by atoms with van der Waals surface area (Å²) in [6.45, 7) is 0. The van der Waals surface area contributed by atoms with Gasteiger partial charge in [0.25, 0.3) is 0 Å². The molecule has 4 nitrogen and oxygen atoms in total. The largest absolute Gasteiger partial charge is 0.497 e. The first-order valence-corrected chi connectivity index (χ1v) is 7.31. The van der Waals surface area contributed by atoms with E-state index >= 15 is 0 Å². The van der Waals surface area contributed by atoms with Gasteiger partial charge in [0.15, 0.2) is 0 Å². The molecule has 4 aromatic rings.